The molecule has 2 heterocycles. The highest BCUT2D eigenvalue weighted by atomic mass is 32.2. The van der Waals surface area contributed by atoms with Crippen LogP contribution in [0.25, 0.3) is 0 Å². The van der Waals surface area contributed by atoms with Gasteiger partial charge in [-0.2, -0.15) is 8.42 Å². The minimum absolute atomic E-state index is 0.355. The Bertz CT molecular complexity index is 874. The van der Waals surface area contributed by atoms with Crippen LogP contribution in [-0.4, -0.2) is 33.5 Å². The van der Waals surface area contributed by atoms with Gasteiger partial charge in [0.15, 0.2) is 0 Å². The van der Waals surface area contributed by atoms with Crippen molar-refractivity contribution in [3.05, 3.63) is 59.7 Å². The molecule has 0 aromatic heterocycles. The maximum Gasteiger partial charge on any atom is 0.326 e. The monoisotopic (exact) mass is 371 g/mol. The van der Waals surface area contributed by atoms with Crippen molar-refractivity contribution in [2.24, 2.45) is 0 Å². The van der Waals surface area contributed by atoms with E-state index >= 15 is 0 Å². The summed E-state index contributed by atoms with van der Waals surface area (Å²) in [5.74, 6) is 0. The molecule has 26 heavy (non-hydrogen) atoms. The highest BCUT2D eigenvalue weighted by Gasteiger charge is 2.37. The average Bonchev–Trinajstić information content (AvgIpc) is 2.85. The zero-order valence-corrected chi connectivity index (χ0v) is 16.0. The van der Waals surface area contributed by atoms with Crippen LogP contribution in [-0.2, 0) is 23.3 Å². The average molecular weight is 372 g/mol. The molecule has 1 saturated heterocycles. The topological polar surface area (TPSA) is 43.9 Å². The SMILES string of the molecule is CN1c2ccccc2N(Cc2ccc(CN3CCCCC3)cc2)S1(=O)=O. The van der Waals surface area contributed by atoms with Crippen LogP contribution in [0.1, 0.15) is 30.4 Å². The molecule has 138 valence electrons. The largest absolute Gasteiger partial charge is 0.326 e. The molecule has 0 aliphatic carbocycles. The molecule has 6 heteroatoms. The molecule has 4 rings (SSSR count). The second-order valence-corrected chi connectivity index (χ2v) is 9.01. The van der Waals surface area contributed by atoms with Crippen molar-refractivity contribution in [2.45, 2.75) is 32.4 Å². The number of piperidine rings is 1. The van der Waals surface area contributed by atoms with Gasteiger partial charge in [-0.3, -0.25) is 9.21 Å². The van der Waals surface area contributed by atoms with Crippen LogP contribution in [0, 0.1) is 0 Å². The van der Waals surface area contributed by atoms with Gasteiger partial charge in [-0.05, 0) is 49.2 Å². The second kappa shape index (κ2) is 6.93. The molecule has 1 fully saturated rings. The van der Waals surface area contributed by atoms with Crippen molar-refractivity contribution in [3.8, 4) is 0 Å². The van der Waals surface area contributed by atoms with Gasteiger partial charge < -0.3 is 0 Å². The van der Waals surface area contributed by atoms with Crippen molar-refractivity contribution >= 4 is 21.6 Å². The minimum Gasteiger partial charge on any atom is -0.299 e. The van der Waals surface area contributed by atoms with Crippen molar-refractivity contribution < 1.29 is 8.42 Å². The molecule has 2 aromatic rings. The quantitative estimate of drug-likeness (QED) is 0.828. The molecule has 5 nitrogen and oxygen atoms in total. The number of likely N-dealkylation sites (tertiary alicyclic amines) is 1. The molecule has 2 aliphatic rings. The molecule has 2 aliphatic heterocycles. The van der Waals surface area contributed by atoms with Gasteiger partial charge in [-0.25, -0.2) is 4.31 Å². The number of nitrogens with zero attached hydrogens (tertiary/aromatic N) is 3. The summed E-state index contributed by atoms with van der Waals surface area (Å²) in [5.41, 5.74) is 3.76. The first-order valence-electron chi connectivity index (χ1n) is 9.21. The highest BCUT2D eigenvalue weighted by Crippen LogP contribution is 2.40. The maximum absolute atomic E-state index is 12.7. The smallest absolute Gasteiger partial charge is 0.299 e. The molecular weight excluding hydrogens is 346 g/mol. The number of anilines is 2. The van der Waals surface area contributed by atoms with E-state index in [1.54, 1.807) is 7.05 Å². The van der Waals surface area contributed by atoms with E-state index in [1.807, 2.05) is 24.3 Å². The highest BCUT2D eigenvalue weighted by molar-refractivity contribution is 7.94. The van der Waals surface area contributed by atoms with E-state index in [2.05, 4.69) is 29.2 Å². The molecule has 0 radical (unpaired) electrons. The fourth-order valence-electron chi connectivity index (χ4n) is 3.80. The van der Waals surface area contributed by atoms with Gasteiger partial charge in [0.05, 0.1) is 17.9 Å². The Labute approximate surface area is 156 Å². The zero-order chi connectivity index (χ0) is 18.1. The van der Waals surface area contributed by atoms with Crippen molar-refractivity contribution in [3.63, 3.8) is 0 Å². The lowest BCUT2D eigenvalue weighted by Gasteiger charge is -2.26. The first-order valence-corrected chi connectivity index (χ1v) is 10.6. The summed E-state index contributed by atoms with van der Waals surface area (Å²) in [4.78, 5) is 2.49. The lowest BCUT2D eigenvalue weighted by molar-refractivity contribution is 0.221. The van der Waals surface area contributed by atoms with Gasteiger partial charge in [0.25, 0.3) is 0 Å². The number of fused-ring (bicyclic) bond motifs is 1. The minimum atomic E-state index is -3.50. The molecule has 0 amide bonds. The Morgan fingerprint density at radius 3 is 2.04 bits per heavy atom. The van der Waals surface area contributed by atoms with Gasteiger partial charge in [-0.1, -0.05) is 42.8 Å². The number of benzene rings is 2. The van der Waals surface area contributed by atoms with Gasteiger partial charge in [0, 0.05) is 13.6 Å². The second-order valence-electron chi connectivity index (χ2n) is 7.12. The molecule has 0 spiro atoms. The maximum atomic E-state index is 12.7. The van der Waals surface area contributed by atoms with Crippen LogP contribution in [0.4, 0.5) is 11.4 Å². The Hall–Kier alpha value is -2.05. The molecule has 2 aromatic carbocycles. The zero-order valence-electron chi connectivity index (χ0n) is 15.1. The number of rotatable bonds is 4. The van der Waals surface area contributed by atoms with Crippen LogP contribution in [0.2, 0.25) is 0 Å². The fraction of sp³-hybridized carbons (Fsp3) is 0.400. The molecule has 0 saturated carbocycles. The van der Waals surface area contributed by atoms with E-state index in [4.69, 9.17) is 0 Å². The fourth-order valence-corrected chi connectivity index (χ4v) is 5.21. The predicted molar refractivity (Wildman–Crippen MR) is 106 cm³/mol. The van der Waals surface area contributed by atoms with E-state index < -0.39 is 10.2 Å². The third-order valence-electron chi connectivity index (χ3n) is 5.32. The van der Waals surface area contributed by atoms with Crippen LogP contribution in [0.15, 0.2) is 48.5 Å². The molecular formula is C20H25N3O2S. The summed E-state index contributed by atoms with van der Waals surface area (Å²) in [6, 6.07) is 15.8. The summed E-state index contributed by atoms with van der Waals surface area (Å²) in [5, 5.41) is 0. The molecule has 0 N–H and O–H groups in total. The Morgan fingerprint density at radius 2 is 1.38 bits per heavy atom. The predicted octanol–water partition coefficient (Wildman–Crippen LogP) is 3.37. The number of hydrogen-bond donors (Lipinski definition) is 0. The Morgan fingerprint density at radius 1 is 0.808 bits per heavy atom. The van der Waals surface area contributed by atoms with E-state index in [-0.39, 0.29) is 0 Å². The van der Waals surface area contributed by atoms with Crippen LogP contribution in [0.5, 0.6) is 0 Å². The van der Waals surface area contributed by atoms with Gasteiger partial charge in [-0.15, -0.1) is 0 Å². The van der Waals surface area contributed by atoms with Crippen LogP contribution < -0.4 is 8.61 Å². The van der Waals surface area contributed by atoms with E-state index in [0.717, 1.165) is 23.5 Å². The number of hydrogen-bond acceptors (Lipinski definition) is 3. The van der Waals surface area contributed by atoms with E-state index in [1.165, 1.54) is 46.5 Å². The normalized spacial score (nSPS) is 19.6. The standard InChI is InChI=1S/C20H25N3O2S/c1-21-19-7-3-4-8-20(19)23(26(21,24)25)16-18-11-9-17(10-12-18)15-22-13-5-2-6-14-22/h3-4,7-12H,2,5-6,13-16H2,1H3. The Kier molecular flexibility index (Phi) is 4.63. The summed E-state index contributed by atoms with van der Waals surface area (Å²) < 4.78 is 28.3. The van der Waals surface area contributed by atoms with Crippen LogP contribution in [0.3, 0.4) is 0 Å². The van der Waals surface area contributed by atoms with Gasteiger partial charge >= 0.3 is 10.2 Å². The molecule has 0 atom stereocenters. The Balaban J connectivity index is 1.50. The van der Waals surface area contributed by atoms with E-state index in [9.17, 15) is 8.42 Å². The summed E-state index contributed by atoms with van der Waals surface area (Å²) in [6.45, 7) is 3.69. The first-order chi connectivity index (χ1) is 12.6. The third kappa shape index (κ3) is 3.19. The van der Waals surface area contributed by atoms with Gasteiger partial charge in [0.1, 0.15) is 0 Å². The van der Waals surface area contributed by atoms with Crippen molar-refractivity contribution in [1.82, 2.24) is 4.90 Å². The molecule has 0 unspecified atom stereocenters. The number of para-hydroxylation sites is 2. The van der Waals surface area contributed by atoms with Crippen molar-refractivity contribution in [2.75, 3.05) is 28.7 Å². The molecule has 0 bridgehead atoms. The summed E-state index contributed by atoms with van der Waals surface area (Å²) in [6.07, 6.45) is 3.92. The van der Waals surface area contributed by atoms with Crippen molar-refractivity contribution in [1.29, 1.82) is 0 Å². The summed E-state index contributed by atoms with van der Waals surface area (Å²) >= 11 is 0. The van der Waals surface area contributed by atoms with E-state index in [0.29, 0.717) is 6.54 Å². The third-order valence-corrected chi connectivity index (χ3v) is 7.09. The van der Waals surface area contributed by atoms with Crippen LogP contribution >= 0.6 is 0 Å². The summed E-state index contributed by atoms with van der Waals surface area (Å²) in [7, 11) is -1.89. The first kappa shape index (κ1) is 17.4. The van der Waals surface area contributed by atoms with Gasteiger partial charge in [0.2, 0.25) is 0 Å². The lowest BCUT2D eigenvalue weighted by atomic mass is 10.1. The lowest BCUT2D eigenvalue weighted by Crippen LogP contribution is -2.35.